The van der Waals surface area contributed by atoms with Gasteiger partial charge < -0.3 is 25.0 Å². The molecule has 2 N–H and O–H groups in total. The molecule has 1 saturated heterocycles. The summed E-state index contributed by atoms with van der Waals surface area (Å²) in [5.74, 6) is 1.52. The second kappa shape index (κ2) is 11.8. The summed E-state index contributed by atoms with van der Waals surface area (Å²) in [6.07, 6.45) is 9.48. The van der Waals surface area contributed by atoms with E-state index in [0.717, 1.165) is 48.0 Å². The Balaban J connectivity index is 1.44. The summed E-state index contributed by atoms with van der Waals surface area (Å²) in [7, 11) is 2.05. The number of carbonyl (C=O) groups is 2. The van der Waals surface area contributed by atoms with Crippen LogP contribution >= 0.6 is 0 Å². The molecule has 4 rings (SSSR count). The number of hydrogen-bond acceptors (Lipinski definition) is 6. The number of anilines is 1. The molecule has 0 radical (unpaired) electrons. The number of pyridine rings is 1. The molecule has 0 spiro atoms. The maximum absolute atomic E-state index is 13.2. The number of benzene rings is 1. The van der Waals surface area contributed by atoms with Gasteiger partial charge in [0, 0.05) is 36.9 Å². The van der Waals surface area contributed by atoms with Crippen LogP contribution in [0.3, 0.4) is 0 Å². The summed E-state index contributed by atoms with van der Waals surface area (Å²) >= 11 is 0. The SMILES string of the molecule is C/C=C\CC[C@@H](C)C[C@@H](C)CC(=O)N1CC(Oc2nccc3c4c(ccc23)N(C)CCO4)C[C@H]1C(N)=O. The van der Waals surface area contributed by atoms with E-state index in [1.54, 1.807) is 11.1 Å². The van der Waals surface area contributed by atoms with Crippen molar-refractivity contribution in [2.24, 2.45) is 17.6 Å². The Morgan fingerprint density at radius 2 is 2.05 bits per heavy atom. The number of rotatable bonds is 10. The Morgan fingerprint density at radius 3 is 2.81 bits per heavy atom. The molecular weight excluding hydrogens is 468 g/mol. The summed E-state index contributed by atoms with van der Waals surface area (Å²) in [5, 5.41) is 1.78. The fourth-order valence-corrected chi connectivity index (χ4v) is 5.58. The van der Waals surface area contributed by atoms with E-state index >= 15 is 0 Å². The van der Waals surface area contributed by atoms with Crippen LogP contribution < -0.4 is 20.1 Å². The number of carbonyl (C=O) groups excluding carboxylic acids is 2. The van der Waals surface area contributed by atoms with Crippen LogP contribution in [-0.2, 0) is 9.59 Å². The van der Waals surface area contributed by atoms with Crippen LogP contribution in [0.1, 0.15) is 52.9 Å². The van der Waals surface area contributed by atoms with Crippen LogP contribution in [0.5, 0.6) is 11.6 Å². The fraction of sp³-hybridized carbons (Fsp3) is 0.552. The van der Waals surface area contributed by atoms with Gasteiger partial charge in [-0.3, -0.25) is 9.59 Å². The van der Waals surface area contributed by atoms with Gasteiger partial charge in [-0.15, -0.1) is 0 Å². The van der Waals surface area contributed by atoms with Crippen LogP contribution in [0.15, 0.2) is 36.5 Å². The Hall–Kier alpha value is -3.29. The third-order valence-electron chi connectivity index (χ3n) is 7.50. The molecule has 0 aliphatic carbocycles. The fourth-order valence-electron chi connectivity index (χ4n) is 5.58. The van der Waals surface area contributed by atoms with Gasteiger partial charge in [0.05, 0.1) is 18.8 Å². The lowest BCUT2D eigenvalue weighted by Crippen LogP contribution is -2.44. The monoisotopic (exact) mass is 508 g/mol. The first-order valence-corrected chi connectivity index (χ1v) is 13.4. The van der Waals surface area contributed by atoms with E-state index in [0.29, 0.717) is 37.8 Å². The van der Waals surface area contributed by atoms with Gasteiger partial charge in [-0.1, -0.05) is 26.0 Å². The number of aromatic nitrogens is 1. The van der Waals surface area contributed by atoms with Gasteiger partial charge in [-0.05, 0) is 56.2 Å². The first-order valence-electron chi connectivity index (χ1n) is 13.4. The topological polar surface area (TPSA) is 98.0 Å². The highest BCUT2D eigenvalue weighted by molar-refractivity contribution is 5.96. The van der Waals surface area contributed by atoms with Crippen LogP contribution in [0, 0.1) is 11.8 Å². The standard InChI is InChI=1S/C29H40N4O4/c1-5-6-7-8-19(2)15-20(3)16-26(34)33-18-21(17-25(33)28(30)35)37-29-23-9-10-24-27(22(23)11-12-31-29)36-14-13-32(24)4/h5-6,9-12,19-21,25H,7-8,13-18H2,1-4H3,(H2,30,35)/b6-5-/t19-,20-,21?,25+/m1/s1. The lowest BCUT2D eigenvalue weighted by molar-refractivity contribution is -0.138. The van der Waals surface area contributed by atoms with E-state index in [1.807, 2.05) is 32.2 Å². The molecule has 37 heavy (non-hydrogen) atoms. The molecular formula is C29H40N4O4. The number of ether oxygens (including phenoxy) is 2. The van der Waals surface area contributed by atoms with Crippen molar-refractivity contribution in [1.82, 2.24) is 9.88 Å². The van der Waals surface area contributed by atoms with Crippen molar-refractivity contribution in [2.75, 3.05) is 31.6 Å². The van der Waals surface area contributed by atoms with Crippen LogP contribution in [-0.4, -0.2) is 60.6 Å². The largest absolute Gasteiger partial charge is 0.489 e. The maximum Gasteiger partial charge on any atom is 0.240 e. The van der Waals surface area contributed by atoms with Gasteiger partial charge in [0.2, 0.25) is 17.7 Å². The van der Waals surface area contributed by atoms with Crippen molar-refractivity contribution < 1.29 is 19.1 Å². The number of amides is 2. The summed E-state index contributed by atoms with van der Waals surface area (Å²) in [6.45, 7) is 8.14. The molecule has 8 nitrogen and oxygen atoms in total. The molecule has 1 unspecified atom stereocenters. The van der Waals surface area contributed by atoms with Gasteiger partial charge in [0.15, 0.2) is 5.75 Å². The minimum Gasteiger partial charge on any atom is -0.489 e. The molecule has 8 heteroatoms. The molecule has 3 heterocycles. The molecule has 4 atom stereocenters. The lowest BCUT2D eigenvalue weighted by atomic mass is 9.91. The third-order valence-corrected chi connectivity index (χ3v) is 7.50. The average molecular weight is 509 g/mol. The first kappa shape index (κ1) is 26.8. The highest BCUT2D eigenvalue weighted by Gasteiger charge is 2.40. The smallest absolute Gasteiger partial charge is 0.240 e. The molecule has 0 saturated carbocycles. The predicted octanol–water partition coefficient (Wildman–Crippen LogP) is 4.31. The zero-order valence-electron chi connectivity index (χ0n) is 22.5. The van der Waals surface area contributed by atoms with Crippen LogP contribution in [0.2, 0.25) is 0 Å². The Kier molecular flexibility index (Phi) is 8.56. The maximum atomic E-state index is 13.2. The normalized spacial score (nSPS) is 21.1. The van der Waals surface area contributed by atoms with E-state index < -0.39 is 11.9 Å². The Bertz CT molecular complexity index is 1150. The van der Waals surface area contributed by atoms with E-state index in [2.05, 4.69) is 35.9 Å². The lowest BCUT2D eigenvalue weighted by Gasteiger charge is -2.28. The zero-order chi connectivity index (χ0) is 26.5. The molecule has 2 aliphatic heterocycles. The van der Waals surface area contributed by atoms with E-state index in [9.17, 15) is 9.59 Å². The minimum absolute atomic E-state index is 0.0422. The molecule has 1 fully saturated rings. The predicted molar refractivity (Wildman–Crippen MR) is 146 cm³/mol. The molecule has 200 valence electrons. The summed E-state index contributed by atoms with van der Waals surface area (Å²) < 4.78 is 12.3. The molecule has 2 amide bonds. The van der Waals surface area contributed by atoms with Crippen molar-refractivity contribution in [2.45, 2.75) is 65.0 Å². The highest BCUT2D eigenvalue weighted by atomic mass is 16.5. The van der Waals surface area contributed by atoms with E-state index in [1.165, 1.54) is 0 Å². The second-order valence-electron chi connectivity index (χ2n) is 10.6. The van der Waals surface area contributed by atoms with Crippen LogP contribution in [0.25, 0.3) is 10.8 Å². The van der Waals surface area contributed by atoms with Crippen LogP contribution in [0.4, 0.5) is 5.69 Å². The first-order chi connectivity index (χ1) is 17.8. The molecule has 2 aliphatic rings. The van der Waals surface area contributed by atoms with Crippen molar-refractivity contribution >= 4 is 28.3 Å². The quantitative estimate of drug-likeness (QED) is 0.481. The molecule has 0 bridgehead atoms. The van der Waals surface area contributed by atoms with Gasteiger partial charge in [-0.25, -0.2) is 4.98 Å². The third kappa shape index (κ3) is 6.17. The highest BCUT2D eigenvalue weighted by Crippen LogP contribution is 2.40. The summed E-state index contributed by atoms with van der Waals surface area (Å²) in [4.78, 5) is 33.7. The van der Waals surface area contributed by atoms with Gasteiger partial charge >= 0.3 is 0 Å². The van der Waals surface area contributed by atoms with Gasteiger partial charge in [-0.2, -0.15) is 0 Å². The molecule has 1 aromatic carbocycles. The van der Waals surface area contributed by atoms with Crippen molar-refractivity contribution in [3.8, 4) is 11.6 Å². The van der Waals surface area contributed by atoms with E-state index in [4.69, 9.17) is 15.2 Å². The van der Waals surface area contributed by atoms with E-state index in [-0.39, 0.29) is 17.9 Å². The number of allylic oxidation sites excluding steroid dienone is 2. The van der Waals surface area contributed by atoms with Gasteiger partial charge in [0.25, 0.3) is 0 Å². The van der Waals surface area contributed by atoms with Gasteiger partial charge in [0.1, 0.15) is 18.8 Å². The van der Waals surface area contributed by atoms with Crippen molar-refractivity contribution in [1.29, 1.82) is 0 Å². The van der Waals surface area contributed by atoms with Crippen molar-refractivity contribution in [3.63, 3.8) is 0 Å². The molecule has 1 aromatic heterocycles. The molecule has 2 aromatic rings. The minimum atomic E-state index is -0.670. The Labute approximate surface area is 219 Å². The number of nitrogens with zero attached hydrogens (tertiary/aromatic N) is 3. The second-order valence-corrected chi connectivity index (χ2v) is 10.6. The van der Waals surface area contributed by atoms with Crippen molar-refractivity contribution in [3.05, 3.63) is 36.5 Å². The zero-order valence-corrected chi connectivity index (χ0v) is 22.5. The number of fused-ring (bicyclic) bond motifs is 3. The number of nitrogens with two attached hydrogens (primary N) is 1. The average Bonchev–Trinajstić information content (AvgIpc) is 3.29. The number of likely N-dealkylation sites (N-methyl/N-ethyl adjacent to an activating group) is 1. The summed E-state index contributed by atoms with van der Waals surface area (Å²) in [5.41, 5.74) is 6.74. The number of hydrogen-bond donors (Lipinski definition) is 1. The summed E-state index contributed by atoms with van der Waals surface area (Å²) in [6, 6.07) is 5.27. The Morgan fingerprint density at radius 1 is 1.24 bits per heavy atom. The number of primary amides is 1. The number of likely N-dealkylation sites (tertiary alicyclic amines) is 1.